The molecule has 0 aliphatic carbocycles. The van der Waals surface area contributed by atoms with Crippen LogP contribution in [0, 0.1) is 11.3 Å². The second kappa shape index (κ2) is 12.2. The van der Waals surface area contributed by atoms with Crippen molar-refractivity contribution in [3.8, 4) is 5.75 Å². The summed E-state index contributed by atoms with van der Waals surface area (Å²) in [4.78, 5) is 24.4. The van der Waals surface area contributed by atoms with E-state index in [2.05, 4.69) is 21.2 Å². The van der Waals surface area contributed by atoms with Gasteiger partial charge < -0.3 is 19.7 Å². The molecule has 2 aromatic rings. The molecule has 0 bridgehead atoms. The number of hydrogen-bond donors (Lipinski definition) is 2. The molecule has 0 spiro atoms. The van der Waals surface area contributed by atoms with E-state index in [0.717, 1.165) is 38.6 Å². The first-order valence-electron chi connectivity index (χ1n) is 10.5. The number of pyridine rings is 1. The fourth-order valence-electron chi connectivity index (χ4n) is 3.74. The Kier molecular flexibility index (Phi) is 9.86. The number of carbonyl (C=O) groups is 2. The minimum absolute atomic E-state index is 0.0953. The van der Waals surface area contributed by atoms with Gasteiger partial charge in [0.05, 0.1) is 32.2 Å². The van der Waals surface area contributed by atoms with Crippen LogP contribution in [-0.2, 0) is 27.9 Å². The van der Waals surface area contributed by atoms with Crippen molar-refractivity contribution in [1.82, 2.24) is 19.7 Å². The van der Waals surface area contributed by atoms with Crippen molar-refractivity contribution < 1.29 is 55.6 Å². The Morgan fingerprint density at radius 1 is 1.16 bits per heavy atom. The van der Waals surface area contributed by atoms with Gasteiger partial charge in [0.1, 0.15) is 5.75 Å². The van der Waals surface area contributed by atoms with Gasteiger partial charge in [-0.25, -0.2) is 9.59 Å². The van der Waals surface area contributed by atoms with Crippen LogP contribution in [0.15, 0.2) is 36.9 Å². The largest absolute Gasteiger partial charge is 0.491 e. The molecule has 0 amide bonds. The van der Waals surface area contributed by atoms with Crippen LogP contribution in [-0.4, -0.2) is 87.1 Å². The molecule has 206 valence electrons. The third kappa shape index (κ3) is 9.20. The second-order valence-corrected chi connectivity index (χ2v) is 8.35. The summed E-state index contributed by atoms with van der Waals surface area (Å²) in [5.74, 6) is -4.14. The minimum Gasteiger partial charge on any atom is -0.491 e. The van der Waals surface area contributed by atoms with Gasteiger partial charge >= 0.3 is 24.3 Å². The number of halogens is 6. The summed E-state index contributed by atoms with van der Waals surface area (Å²) in [6.07, 6.45) is -2.60. The van der Waals surface area contributed by atoms with Crippen LogP contribution in [0.5, 0.6) is 5.75 Å². The first-order valence-corrected chi connectivity index (χ1v) is 10.5. The van der Waals surface area contributed by atoms with Crippen LogP contribution in [0.2, 0.25) is 0 Å². The Balaban J connectivity index is 0.000000286. The van der Waals surface area contributed by atoms with E-state index in [4.69, 9.17) is 29.3 Å². The van der Waals surface area contributed by atoms with E-state index in [1.54, 1.807) is 12.4 Å². The average Bonchev–Trinajstić information content (AvgIpc) is 3.47. The lowest BCUT2D eigenvalue weighted by atomic mass is 9.82. The molecule has 10 nitrogen and oxygen atoms in total. The summed E-state index contributed by atoms with van der Waals surface area (Å²) < 4.78 is 77.1. The quantitative estimate of drug-likeness (QED) is 0.549. The number of rotatable bonds is 5. The zero-order valence-electron chi connectivity index (χ0n) is 19.4. The lowest BCUT2D eigenvalue weighted by molar-refractivity contribution is -0.193. The summed E-state index contributed by atoms with van der Waals surface area (Å²) in [7, 11) is 1.96. The lowest BCUT2D eigenvalue weighted by Crippen LogP contribution is -2.36. The molecule has 2 fully saturated rings. The molecule has 16 heteroatoms. The molecule has 2 aromatic heterocycles. The maximum atomic E-state index is 10.6. The van der Waals surface area contributed by atoms with E-state index in [1.165, 1.54) is 5.56 Å². The zero-order chi connectivity index (χ0) is 27.9. The Morgan fingerprint density at radius 3 is 2.27 bits per heavy atom. The summed E-state index contributed by atoms with van der Waals surface area (Å²) in [5, 5.41) is 18.5. The summed E-state index contributed by atoms with van der Waals surface area (Å²) >= 11 is 0. The van der Waals surface area contributed by atoms with E-state index < -0.39 is 24.3 Å². The highest BCUT2D eigenvalue weighted by atomic mass is 19.4. The number of alkyl halides is 6. The number of aromatic nitrogens is 3. The Morgan fingerprint density at radius 2 is 1.78 bits per heavy atom. The molecular formula is C21H24F6N4O6. The van der Waals surface area contributed by atoms with Gasteiger partial charge in [0.25, 0.3) is 0 Å². The highest BCUT2D eigenvalue weighted by Gasteiger charge is 2.51. The molecule has 2 saturated heterocycles. The molecule has 0 saturated carbocycles. The fourth-order valence-corrected chi connectivity index (χ4v) is 3.74. The van der Waals surface area contributed by atoms with Crippen molar-refractivity contribution in [2.45, 2.75) is 18.9 Å². The number of aliphatic carboxylic acids is 2. The SMILES string of the molecule is Cn1cc(CN2C[C@@H]3COC[C@]3(COc3cccnc3)C2)cn1.O=C(O)C(F)(F)F.O=C(O)C(F)(F)F. The average molecular weight is 542 g/mol. The molecular weight excluding hydrogens is 518 g/mol. The van der Waals surface area contributed by atoms with Crippen molar-refractivity contribution in [2.75, 3.05) is 32.9 Å². The van der Waals surface area contributed by atoms with Crippen LogP contribution in [0.3, 0.4) is 0 Å². The molecule has 4 rings (SSSR count). The van der Waals surface area contributed by atoms with Crippen LogP contribution in [0.1, 0.15) is 5.56 Å². The van der Waals surface area contributed by atoms with E-state index in [9.17, 15) is 26.3 Å². The standard InChI is InChI=1S/C17H22N4O2.2C2HF3O2/c1-20-7-14(5-19-20)8-21-9-15-10-22-12-17(15,11-21)13-23-16-3-2-4-18-6-16;2*3-2(4,5)1(6)7/h2-7,15H,8-13H2,1H3;2*(H,6,7)/t15-,17+;;/m1../s1. The van der Waals surface area contributed by atoms with Gasteiger partial charge in [-0.2, -0.15) is 31.4 Å². The van der Waals surface area contributed by atoms with E-state index in [0.29, 0.717) is 12.5 Å². The number of carboxylic acids is 2. The summed E-state index contributed by atoms with van der Waals surface area (Å²) in [6.45, 7) is 5.31. The number of carboxylic acid groups (broad SMARTS) is 2. The molecule has 2 N–H and O–H groups in total. The highest BCUT2D eigenvalue weighted by molar-refractivity contribution is 5.73. The zero-order valence-corrected chi connectivity index (χ0v) is 19.4. The first kappa shape index (κ1) is 29.8. The Bertz CT molecular complexity index is 1010. The normalized spacial score (nSPS) is 21.2. The van der Waals surface area contributed by atoms with Gasteiger partial charge in [-0.15, -0.1) is 0 Å². The number of nitrogens with zero attached hydrogens (tertiary/aromatic N) is 4. The smallest absolute Gasteiger partial charge is 0.490 e. The number of fused-ring (bicyclic) bond motifs is 1. The third-order valence-corrected chi connectivity index (χ3v) is 5.40. The molecule has 0 unspecified atom stereocenters. The molecule has 37 heavy (non-hydrogen) atoms. The van der Waals surface area contributed by atoms with Crippen LogP contribution in [0.25, 0.3) is 0 Å². The third-order valence-electron chi connectivity index (χ3n) is 5.40. The van der Waals surface area contributed by atoms with Crippen LogP contribution in [0.4, 0.5) is 26.3 Å². The van der Waals surface area contributed by atoms with Gasteiger partial charge in [-0.05, 0) is 12.1 Å². The fraction of sp³-hybridized carbons (Fsp3) is 0.524. The maximum Gasteiger partial charge on any atom is 0.490 e. The van der Waals surface area contributed by atoms with Gasteiger partial charge in [0.2, 0.25) is 0 Å². The number of aryl methyl sites for hydroxylation is 1. The lowest BCUT2D eigenvalue weighted by Gasteiger charge is -2.27. The van der Waals surface area contributed by atoms with Crippen molar-refractivity contribution in [3.05, 3.63) is 42.5 Å². The van der Waals surface area contributed by atoms with Gasteiger partial charge in [-0.1, -0.05) is 0 Å². The first-order chi connectivity index (χ1) is 17.1. The number of likely N-dealkylation sites (tertiary alicyclic amines) is 1. The van der Waals surface area contributed by atoms with E-state index >= 15 is 0 Å². The predicted molar refractivity (Wildman–Crippen MR) is 112 cm³/mol. The Hall–Kier alpha value is -3.40. The molecule has 0 radical (unpaired) electrons. The molecule has 4 heterocycles. The molecule has 0 aromatic carbocycles. The van der Waals surface area contributed by atoms with Crippen molar-refractivity contribution >= 4 is 11.9 Å². The van der Waals surface area contributed by atoms with Crippen molar-refractivity contribution in [1.29, 1.82) is 0 Å². The van der Waals surface area contributed by atoms with Gasteiger partial charge in [0, 0.05) is 56.0 Å². The van der Waals surface area contributed by atoms with E-state index in [1.807, 2.05) is 30.1 Å². The highest BCUT2D eigenvalue weighted by Crippen LogP contribution is 2.42. The maximum absolute atomic E-state index is 10.6. The van der Waals surface area contributed by atoms with Gasteiger partial charge in [0.15, 0.2) is 0 Å². The Labute approximate surface area is 206 Å². The van der Waals surface area contributed by atoms with Gasteiger partial charge in [-0.3, -0.25) is 14.6 Å². The monoisotopic (exact) mass is 542 g/mol. The summed E-state index contributed by atoms with van der Waals surface area (Å²) in [5.41, 5.74) is 1.36. The van der Waals surface area contributed by atoms with Crippen molar-refractivity contribution in [3.63, 3.8) is 0 Å². The van der Waals surface area contributed by atoms with Crippen LogP contribution < -0.4 is 4.74 Å². The predicted octanol–water partition coefficient (Wildman–Crippen LogP) is 2.61. The number of hydrogen-bond acceptors (Lipinski definition) is 7. The number of ether oxygens (including phenoxy) is 2. The second-order valence-electron chi connectivity index (χ2n) is 8.35. The van der Waals surface area contributed by atoms with Crippen molar-refractivity contribution in [2.24, 2.45) is 18.4 Å². The summed E-state index contributed by atoms with van der Waals surface area (Å²) in [6, 6.07) is 3.86. The van der Waals surface area contributed by atoms with E-state index in [-0.39, 0.29) is 5.41 Å². The van der Waals surface area contributed by atoms with Crippen LogP contribution >= 0.6 is 0 Å². The molecule has 2 aliphatic heterocycles. The minimum atomic E-state index is -5.08. The topological polar surface area (TPSA) is 127 Å². The molecule has 2 atom stereocenters. The molecule has 2 aliphatic rings.